The van der Waals surface area contributed by atoms with E-state index in [2.05, 4.69) is 32.2 Å². The van der Waals surface area contributed by atoms with E-state index in [1.807, 2.05) is 30.0 Å². The van der Waals surface area contributed by atoms with Crippen LogP contribution in [0.5, 0.6) is 0 Å². The van der Waals surface area contributed by atoms with Crippen molar-refractivity contribution >= 4 is 23.4 Å². The third-order valence-electron chi connectivity index (χ3n) is 2.53. The molecule has 0 fully saturated rings. The molecule has 0 heterocycles. The molecule has 0 aliphatic heterocycles. The Bertz CT molecular complexity index is 315. The maximum absolute atomic E-state index is 6.12. The fourth-order valence-corrected chi connectivity index (χ4v) is 3.03. The number of benzene rings is 1. The summed E-state index contributed by atoms with van der Waals surface area (Å²) in [5.41, 5.74) is 0. The zero-order valence-electron chi connectivity index (χ0n) is 10.2. The van der Waals surface area contributed by atoms with E-state index in [1.165, 1.54) is 4.90 Å². The van der Waals surface area contributed by atoms with Crippen LogP contribution in [-0.4, -0.2) is 18.3 Å². The second-order valence-corrected chi connectivity index (χ2v) is 5.62. The van der Waals surface area contributed by atoms with Crippen LogP contribution in [0.25, 0.3) is 0 Å². The molecule has 3 heteroatoms. The molecule has 0 aliphatic rings. The molecule has 0 amide bonds. The van der Waals surface area contributed by atoms with E-state index in [0.29, 0.717) is 12.0 Å². The Hall–Kier alpha value is -0.180. The standard InChI is InChI=1S/C13H20ClNS/c1-4-15-12(10(2)3)9-16-13-8-6-5-7-11(13)14/h5-8,10,12,15H,4,9H2,1-3H3. The van der Waals surface area contributed by atoms with E-state index in [-0.39, 0.29) is 0 Å². The molecular formula is C13H20ClNS. The largest absolute Gasteiger partial charge is 0.313 e. The van der Waals surface area contributed by atoms with E-state index < -0.39 is 0 Å². The van der Waals surface area contributed by atoms with Gasteiger partial charge < -0.3 is 5.32 Å². The second-order valence-electron chi connectivity index (χ2n) is 4.15. The highest BCUT2D eigenvalue weighted by atomic mass is 35.5. The summed E-state index contributed by atoms with van der Waals surface area (Å²) in [5, 5.41) is 4.36. The Morgan fingerprint density at radius 3 is 2.56 bits per heavy atom. The Morgan fingerprint density at radius 1 is 1.31 bits per heavy atom. The fourth-order valence-electron chi connectivity index (χ4n) is 1.49. The van der Waals surface area contributed by atoms with Crippen molar-refractivity contribution in [2.75, 3.05) is 12.3 Å². The van der Waals surface area contributed by atoms with Crippen LogP contribution in [0.2, 0.25) is 5.02 Å². The summed E-state index contributed by atoms with van der Waals surface area (Å²) in [7, 11) is 0. The lowest BCUT2D eigenvalue weighted by atomic mass is 10.1. The molecule has 1 atom stereocenters. The summed E-state index contributed by atoms with van der Waals surface area (Å²) in [4.78, 5) is 1.17. The van der Waals surface area contributed by atoms with Gasteiger partial charge in [0.15, 0.2) is 0 Å². The highest BCUT2D eigenvalue weighted by Gasteiger charge is 2.12. The molecule has 0 aliphatic carbocycles. The predicted octanol–water partition coefficient (Wildman–Crippen LogP) is 4.07. The minimum absolute atomic E-state index is 0.547. The lowest BCUT2D eigenvalue weighted by molar-refractivity contribution is 0.443. The number of thioether (sulfide) groups is 1. The molecule has 90 valence electrons. The van der Waals surface area contributed by atoms with Gasteiger partial charge in [-0.2, -0.15) is 0 Å². The van der Waals surface area contributed by atoms with Gasteiger partial charge in [0.1, 0.15) is 0 Å². The molecule has 1 N–H and O–H groups in total. The monoisotopic (exact) mass is 257 g/mol. The topological polar surface area (TPSA) is 12.0 Å². The van der Waals surface area contributed by atoms with Crippen LogP contribution in [0.1, 0.15) is 20.8 Å². The van der Waals surface area contributed by atoms with Gasteiger partial charge in [0, 0.05) is 16.7 Å². The van der Waals surface area contributed by atoms with Gasteiger partial charge in [0.05, 0.1) is 5.02 Å². The summed E-state index contributed by atoms with van der Waals surface area (Å²) in [6.45, 7) is 7.67. The van der Waals surface area contributed by atoms with Crippen LogP contribution >= 0.6 is 23.4 Å². The van der Waals surface area contributed by atoms with Crippen molar-refractivity contribution in [3.05, 3.63) is 29.3 Å². The van der Waals surface area contributed by atoms with E-state index in [1.54, 1.807) is 0 Å². The molecule has 1 aromatic rings. The first-order valence-corrected chi connectivity index (χ1v) is 7.12. The Balaban J connectivity index is 2.52. The van der Waals surface area contributed by atoms with Gasteiger partial charge in [-0.3, -0.25) is 0 Å². The van der Waals surface area contributed by atoms with E-state index in [4.69, 9.17) is 11.6 Å². The molecule has 1 aromatic carbocycles. The zero-order chi connectivity index (χ0) is 12.0. The SMILES string of the molecule is CCNC(CSc1ccccc1Cl)C(C)C. The molecule has 0 radical (unpaired) electrons. The quantitative estimate of drug-likeness (QED) is 0.772. The van der Waals surface area contributed by atoms with Gasteiger partial charge in [0.25, 0.3) is 0 Å². The zero-order valence-corrected chi connectivity index (χ0v) is 11.7. The van der Waals surface area contributed by atoms with Crippen molar-refractivity contribution in [2.45, 2.75) is 31.7 Å². The van der Waals surface area contributed by atoms with Crippen molar-refractivity contribution in [3.8, 4) is 0 Å². The lowest BCUT2D eigenvalue weighted by Gasteiger charge is -2.21. The van der Waals surface area contributed by atoms with Gasteiger partial charge in [-0.25, -0.2) is 0 Å². The maximum Gasteiger partial charge on any atom is 0.0541 e. The van der Waals surface area contributed by atoms with Crippen LogP contribution in [0.15, 0.2) is 29.2 Å². The Labute approximate surface area is 108 Å². The third kappa shape index (κ3) is 4.36. The number of hydrogen-bond acceptors (Lipinski definition) is 2. The van der Waals surface area contributed by atoms with Crippen LogP contribution in [0.3, 0.4) is 0 Å². The normalized spacial score (nSPS) is 13.1. The van der Waals surface area contributed by atoms with E-state index in [0.717, 1.165) is 17.3 Å². The third-order valence-corrected chi connectivity index (χ3v) is 4.16. The summed E-state index contributed by atoms with van der Waals surface area (Å²) in [6, 6.07) is 8.58. The lowest BCUT2D eigenvalue weighted by Crippen LogP contribution is -2.35. The van der Waals surface area contributed by atoms with Crippen LogP contribution in [0.4, 0.5) is 0 Å². The molecule has 1 unspecified atom stereocenters. The fraction of sp³-hybridized carbons (Fsp3) is 0.538. The molecule has 1 rings (SSSR count). The highest BCUT2D eigenvalue weighted by Crippen LogP contribution is 2.27. The first-order chi connectivity index (χ1) is 7.65. The van der Waals surface area contributed by atoms with Crippen molar-refractivity contribution in [2.24, 2.45) is 5.92 Å². The van der Waals surface area contributed by atoms with Crippen LogP contribution in [-0.2, 0) is 0 Å². The van der Waals surface area contributed by atoms with Gasteiger partial charge in [-0.05, 0) is 24.6 Å². The minimum Gasteiger partial charge on any atom is -0.313 e. The molecule has 16 heavy (non-hydrogen) atoms. The van der Waals surface area contributed by atoms with Crippen molar-refractivity contribution in [3.63, 3.8) is 0 Å². The molecule has 1 nitrogen and oxygen atoms in total. The molecule has 0 saturated carbocycles. The predicted molar refractivity (Wildman–Crippen MR) is 74.5 cm³/mol. The van der Waals surface area contributed by atoms with Gasteiger partial charge in [-0.1, -0.05) is 44.5 Å². The van der Waals surface area contributed by atoms with Gasteiger partial charge >= 0.3 is 0 Å². The Morgan fingerprint density at radius 2 is 2.00 bits per heavy atom. The van der Waals surface area contributed by atoms with Gasteiger partial charge in [0.2, 0.25) is 0 Å². The van der Waals surface area contributed by atoms with E-state index in [9.17, 15) is 0 Å². The smallest absolute Gasteiger partial charge is 0.0541 e. The van der Waals surface area contributed by atoms with Crippen molar-refractivity contribution in [1.29, 1.82) is 0 Å². The highest BCUT2D eigenvalue weighted by molar-refractivity contribution is 7.99. The molecule has 0 spiro atoms. The van der Waals surface area contributed by atoms with Gasteiger partial charge in [-0.15, -0.1) is 11.8 Å². The summed E-state index contributed by atoms with van der Waals surface area (Å²) in [5.74, 6) is 1.71. The summed E-state index contributed by atoms with van der Waals surface area (Å²) < 4.78 is 0. The minimum atomic E-state index is 0.547. The molecule has 0 aromatic heterocycles. The summed E-state index contributed by atoms with van der Waals surface area (Å²) in [6.07, 6.45) is 0. The average molecular weight is 258 g/mol. The summed E-state index contributed by atoms with van der Waals surface area (Å²) >= 11 is 7.95. The number of hydrogen-bond donors (Lipinski definition) is 1. The van der Waals surface area contributed by atoms with Crippen molar-refractivity contribution < 1.29 is 0 Å². The van der Waals surface area contributed by atoms with Crippen molar-refractivity contribution in [1.82, 2.24) is 5.32 Å². The van der Waals surface area contributed by atoms with Crippen LogP contribution in [0, 0.1) is 5.92 Å². The van der Waals surface area contributed by atoms with E-state index >= 15 is 0 Å². The Kier molecular flexibility index (Phi) is 6.25. The molecule has 0 saturated heterocycles. The number of rotatable bonds is 6. The number of halogens is 1. The molecular weight excluding hydrogens is 238 g/mol. The molecule has 0 bridgehead atoms. The first kappa shape index (κ1) is 13.9. The second kappa shape index (κ2) is 7.21. The van der Waals surface area contributed by atoms with Crippen LogP contribution < -0.4 is 5.32 Å². The average Bonchev–Trinajstić information content (AvgIpc) is 2.26. The maximum atomic E-state index is 6.12. The number of nitrogens with one attached hydrogen (secondary N) is 1. The first-order valence-electron chi connectivity index (χ1n) is 5.75.